The quantitative estimate of drug-likeness (QED) is 0.341. The molecule has 6 nitrogen and oxygen atoms in total. The number of nitrogens with one attached hydrogen (secondary N) is 2. The molecule has 1 unspecified atom stereocenters. The van der Waals surface area contributed by atoms with Gasteiger partial charge in [-0.3, -0.25) is 9.88 Å². The standard InChI is InChI=1S/C22H31N5O.HI/c1-3-23-22(26-15-21-9-4-5-10-24-21)25-14-19-7-6-8-20(13-19)17-27-11-12-28-18(2)16-27;/h4-10,13,18H,3,11-12,14-17H2,1-2H3,(H2,23,25,26);1H. The maximum Gasteiger partial charge on any atom is 0.191 e. The number of halogens is 1. The molecule has 1 aliphatic rings. The SMILES string of the molecule is CCNC(=NCc1cccc(CN2CCOC(C)C2)c1)NCc1ccccn1.I. The van der Waals surface area contributed by atoms with Crippen molar-refractivity contribution in [2.75, 3.05) is 26.2 Å². The second-order valence-corrected chi connectivity index (χ2v) is 7.11. The molecule has 0 saturated carbocycles. The van der Waals surface area contributed by atoms with Gasteiger partial charge in [0, 0.05) is 32.4 Å². The summed E-state index contributed by atoms with van der Waals surface area (Å²) >= 11 is 0. The predicted molar refractivity (Wildman–Crippen MR) is 128 cm³/mol. The summed E-state index contributed by atoms with van der Waals surface area (Å²) in [6.45, 7) is 10.1. The number of benzene rings is 1. The van der Waals surface area contributed by atoms with E-state index in [4.69, 9.17) is 9.73 Å². The van der Waals surface area contributed by atoms with E-state index in [1.54, 1.807) is 0 Å². The molecule has 1 aromatic carbocycles. The van der Waals surface area contributed by atoms with Gasteiger partial charge in [-0.05, 0) is 37.1 Å². The lowest BCUT2D eigenvalue weighted by Gasteiger charge is -2.31. The number of nitrogens with zero attached hydrogens (tertiary/aromatic N) is 3. The highest BCUT2D eigenvalue weighted by atomic mass is 127. The molecular formula is C22H32IN5O. The van der Waals surface area contributed by atoms with Crippen molar-refractivity contribution in [1.82, 2.24) is 20.5 Å². The van der Waals surface area contributed by atoms with Crippen molar-refractivity contribution >= 4 is 29.9 Å². The van der Waals surface area contributed by atoms with Gasteiger partial charge in [0.1, 0.15) is 0 Å². The molecule has 3 rings (SSSR count). The first-order chi connectivity index (χ1) is 13.7. The third-order valence-electron chi connectivity index (χ3n) is 4.65. The highest BCUT2D eigenvalue weighted by molar-refractivity contribution is 14.0. The van der Waals surface area contributed by atoms with E-state index in [0.29, 0.717) is 19.2 Å². The molecular weight excluding hydrogens is 477 g/mol. The van der Waals surface area contributed by atoms with Crippen molar-refractivity contribution in [3.8, 4) is 0 Å². The third-order valence-corrected chi connectivity index (χ3v) is 4.65. The lowest BCUT2D eigenvalue weighted by Crippen LogP contribution is -2.40. The van der Waals surface area contributed by atoms with Crippen molar-refractivity contribution < 1.29 is 4.74 Å². The fourth-order valence-corrected chi connectivity index (χ4v) is 3.31. The molecule has 7 heteroatoms. The van der Waals surface area contributed by atoms with Crippen molar-refractivity contribution in [2.45, 2.75) is 39.6 Å². The van der Waals surface area contributed by atoms with Crippen LogP contribution < -0.4 is 10.6 Å². The van der Waals surface area contributed by atoms with Gasteiger partial charge in [-0.15, -0.1) is 24.0 Å². The van der Waals surface area contributed by atoms with Crippen LogP contribution in [-0.4, -0.2) is 48.2 Å². The Hall–Kier alpha value is -1.71. The van der Waals surface area contributed by atoms with E-state index in [1.807, 2.05) is 24.4 Å². The van der Waals surface area contributed by atoms with Gasteiger partial charge in [-0.1, -0.05) is 30.3 Å². The number of guanidine groups is 1. The fourth-order valence-electron chi connectivity index (χ4n) is 3.31. The normalized spacial score (nSPS) is 17.4. The van der Waals surface area contributed by atoms with Gasteiger partial charge in [0.25, 0.3) is 0 Å². The highest BCUT2D eigenvalue weighted by Crippen LogP contribution is 2.12. The van der Waals surface area contributed by atoms with Crippen LogP contribution in [0.4, 0.5) is 0 Å². The lowest BCUT2D eigenvalue weighted by molar-refractivity contribution is -0.0212. The summed E-state index contributed by atoms with van der Waals surface area (Å²) in [5, 5.41) is 6.64. The van der Waals surface area contributed by atoms with E-state index in [0.717, 1.165) is 44.4 Å². The Bertz CT molecular complexity index is 756. The molecule has 2 heterocycles. The van der Waals surface area contributed by atoms with E-state index in [9.17, 15) is 0 Å². The van der Waals surface area contributed by atoms with Crippen LogP contribution in [0, 0.1) is 0 Å². The van der Waals surface area contributed by atoms with Crippen LogP contribution in [0.2, 0.25) is 0 Å². The van der Waals surface area contributed by atoms with Gasteiger partial charge in [0.05, 0.1) is 31.5 Å². The minimum atomic E-state index is 0. The monoisotopic (exact) mass is 509 g/mol. The largest absolute Gasteiger partial charge is 0.376 e. The zero-order valence-corrected chi connectivity index (χ0v) is 19.6. The molecule has 1 saturated heterocycles. The second kappa shape index (κ2) is 12.8. The Balaban J connectivity index is 0.00000300. The summed E-state index contributed by atoms with van der Waals surface area (Å²) in [5.41, 5.74) is 3.54. The first kappa shape index (κ1) is 23.6. The van der Waals surface area contributed by atoms with Gasteiger partial charge >= 0.3 is 0 Å². The summed E-state index contributed by atoms with van der Waals surface area (Å²) < 4.78 is 5.63. The number of aromatic nitrogens is 1. The Morgan fingerprint density at radius 1 is 1.21 bits per heavy atom. The first-order valence-corrected chi connectivity index (χ1v) is 10.1. The summed E-state index contributed by atoms with van der Waals surface area (Å²) in [4.78, 5) is 11.5. The van der Waals surface area contributed by atoms with Gasteiger partial charge in [-0.25, -0.2) is 4.99 Å². The molecule has 2 N–H and O–H groups in total. The molecule has 1 atom stereocenters. The average molecular weight is 509 g/mol. The molecule has 158 valence electrons. The Morgan fingerprint density at radius 2 is 2.07 bits per heavy atom. The van der Waals surface area contributed by atoms with Gasteiger partial charge in [0.2, 0.25) is 0 Å². The molecule has 0 radical (unpaired) electrons. The van der Waals surface area contributed by atoms with E-state index >= 15 is 0 Å². The van der Waals surface area contributed by atoms with Crippen molar-refractivity contribution in [1.29, 1.82) is 0 Å². The smallest absolute Gasteiger partial charge is 0.191 e. The van der Waals surface area contributed by atoms with Gasteiger partial charge < -0.3 is 15.4 Å². The van der Waals surface area contributed by atoms with Crippen LogP contribution >= 0.6 is 24.0 Å². The van der Waals surface area contributed by atoms with Crippen LogP contribution in [0.1, 0.15) is 30.7 Å². The molecule has 0 bridgehead atoms. The summed E-state index contributed by atoms with van der Waals surface area (Å²) in [7, 11) is 0. The minimum Gasteiger partial charge on any atom is -0.376 e. The van der Waals surface area contributed by atoms with Gasteiger partial charge in [0.15, 0.2) is 5.96 Å². The van der Waals surface area contributed by atoms with Crippen LogP contribution in [0.5, 0.6) is 0 Å². The van der Waals surface area contributed by atoms with Gasteiger partial charge in [-0.2, -0.15) is 0 Å². The van der Waals surface area contributed by atoms with Crippen LogP contribution in [0.15, 0.2) is 53.7 Å². The Kier molecular flexibility index (Phi) is 10.4. The highest BCUT2D eigenvalue weighted by Gasteiger charge is 2.16. The minimum absolute atomic E-state index is 0. The number of morpholine rings is 1. The molecule has 0 spiro atoms. The van der Waals surface area contributed by atoms with E-state index in [1.165, 1.54) is 11.1 Å². The zero-order chi connectivity index (χ0) is 19.6. The van der Waals surface area contributed by atoms with Crippen LogP contribution in [0.25, 0.3) is 0 Å². The van der Waals surface area contributed by atoms with E-state index in [-0.39, 0.29) is 24.0 Å². The van der Waals surface area contributed by atoms with Crippen LogP contribution in [-0.2, 0) is 24.4 Å². The maximum atomic E-state index is 5.63. The summed E-state index contributed by atoms with van der Waals surface area (Å²) in [6, 6.07) is 14.6. The number of pyridine rings is 1. The van der Waals surface area contributed by atoms with Crippen molar-refractivity contribution in [2.24, 2.45) is 4.99 Å². The lowest BCUT2D eigenvalue weighted by atomic mass is 10.1. The number of ether oxygens (including phenoxy) is 1. The number of hydrogen-bond donors (Lipinski definition) is 2. The third kappa shape index (κ3) is 8.28. The Labute approximate surface area is 191 Å². The van der Waals surface area contributed by atoms with E-state index in [2.05, 4.69) is 58.6 Å². The number of aliphatic imine (C=N–C) groups is 1. The predicted octanol–water partition coefficient (Wildman–Crippen LogP) is 3.18. The molecule has 0 amide bonds. The zero-order valence-electron chi connectivity index (χ0n) is 17.3. The van der Waals surface area contributed by atoms with E-state index < -0.39 is 0 Å². The summed E-state index contributed by atoms with van der Waals surface area (Å²) in [5.74, 6) is 0.806. The number of hydrogen-bond acceptors (Lipinski definition) is 4. The molecule has 0 aliphatic carbocycles. The summed E-state index contributed by atoms with van der Waals surface area (Å²) in [6.07, 6.45) is 2.12. The second-order valence-electron chi connectivity index (χ2n) is 7.11. The van der Waals surface area contributed by atoms with Crippen molar-refractivity contribution in [3.05, 3.63) is 65.5 Å². The number of rotatable bonds is 7. The molecule has 1 aliphatic heterocycles. The fraction of sp³-hybridized carbons (Fsp3) is 0.455. The molecule has 1 fully saturated rings. The first-order valence-electron chi connectivity index (χ1n) is 10.1. The maximum absolute atomic E-state index is 5.63. The van der Waals surface area contributed by atoms with Crippen molar-refractivity contribution in [3.63, 3.8) is 0 Å². The molecule has 2 aromatic rings. The Morgan fingerprint density at radius 3 is 2.83 bits per heavy atom. The van der Waals surface area contributed by atoms with Crippen LogP contribution in [0.3, 0.4) is 0 Å². The molecule has 29 heavy (non-hydrogen) atoms. The average Bonchev–Trinajstić information content (AvgIpc) is 2.71. The molecule has 1 aromatic heterocycles. The topological polar surface area (TPSA) is 61.8 Å².